The molecule has 0 N–H and O–H groups in total. The fraction of sp³-hybridized carbons (Fsp3) is 0.833. The van der Waals surface area contributed by atoms with E-state index in [1.807, 2.05) is 0 Å². The zero-order valence-electron chi connectivity index (χ0n) is 25.9. The molecule has 0 aromatic heterocycles. The first kappa shape index (κ1) is 34.2. The van der Waals surface area contributed by atoms with Crippen LogP contribution in [0, 0.1) is 0 Å². The van der Waals surface area contributed by atoms with Gasteiger partial charge in [0.25, 0.3) is 0 Å². The Balaban J connectivity index is 2.62. The quantitative estimate of drug-likeness (QED) is 0.0770. The van der Waals surface area contributed by atoms with Crippen LogP contribution in [0.15, 0.2) is 30.3 Å². The Bertz CT molecular complexity index is 515. The van der Waals surface area contributed by atoms with Gasteiger partial charge in [0.05, 0.1) is 19.6 Å². The van der Waals surface area contributed by atoms with Gasteiger partial charge in [-0.2, -0.15) is 0 Å². The molecule has 0 aliphatic heterocycles. The number of benzene rings is 1. The van der Waals surface area contributed by atoms with E-state index in [2.05, 4.69) is 51.1 Å². The Labute approximate surface area is 234 Å². The van der Waals surface area contributed by atoms with Gasteiger partial charge < -0.3 is 0 Å². The smallest absolute Gasteiger partial charge is 0.132 e. The van der Waals surface area contributed by atoms with Crippen molar-refractivity contribution < 1.29 is 0 Å². The molecule has 0 atom stereocenters. The average molecular weight is 515 g/mol. The van der Waals surface area contributed by atoms with Crippen molar-refractivity contribution in [3.05, 3.63) is 30.3 Å². The number of hydrogen-bond acceptors (Lipinski definition) is 0. The lowest BCUT2D eigenvalue weighted by atomic mass is 10.0. The van der Waals surface area contributed by atoms with E-state index >= 15 is 0 Å². The summed E-state index contributed by atoms with van der Waals surface area (Å²) < 4.78 is 1.25. The van der Waals surface area contributed by atoms with Crippen molar-refractivity contribution in [2.75, 3.05) is 19.6 Å². The fourth-order valence-corrected chi connectivity index (χ4v) is 6.11. The number of nitrogens with zero attached hydrogens (tertiary/aromatic N) is 1. The van der Waals surface area contributed by atoms with Gasteiger partial charge in [0, 0.05) is 0 Å². The highest BCUT2D eigenvalue weighted by Crippen LogP contribution is 2.27. The topological polar surface area (TPSA) is 0 Å². The highest BCUT2D eigenvalue weighted by molar-refractivity contribution is 5.42. The van der Waals surface area contributed by atoms with Crippen molar-refractivity contribution in [2.45, 2.75) is 175 Å². The van der Waals surface area contributed by atoms with Gasteiger partial charge in [0.1, 0.15) is 5.69 Å². The summed E-state index contributed by atoms with van der Waals surface area (Å²) in [7, 11) is 0. The van der Waals surface area contributed by atoms with Crippen LogP contribution in [-0.2, 0) is 0 Å². The van der Waals surface area contributed by atoms with E-state index in [0.717, 1.165) is 0 Å². The monoisotopic (exact) mass is 515 g/mol. The maximum absolute atomic E-state index is 2.44. The maximum atomic E-state index is 2.44. The van der Waals surface area contributed by atoms with E-state index in [9.17, 15) is 0 Å². The molecule has 0 unspecified atom stereocenters. The van der Waals surface area contributed by atoms with Crippen molar-refractivity contribution in [3.63, 3.8) is 0 Å². The molecule has 1 aromatic carbocycles. The fourth-order valence-electron chi connectivity index (χ4n) is 6.11. The summed E-state index contributed by atoms with van der Waals surface area (Å²) in [6, 6.07) is 11.7. The minimum Gasteiger partial charge on any atom is -0.291 e. The third-order valence-corrected chi connectivity index (χ3v) is 8.62. The van der Waals surface area contributed by atoms with Crippen molar-refractivity contribution in [2.24, 2.45) is 0 Å². The van der Waals surface area contributed by atoms with Gasteiger partial charge in [-0.05, 0) is 50.7 Å². The molecule has 0 fully saturated rings. The van der Waals surface area contributed by atoms with Crippen LogP contribution in [0.5, 0.6) is 0 Å². The first-order chi connectivity index (χ1) is 18.3. The molecule has 37 heavy (non-hydrogen) atoms. The number of quaternary nitrogens is 1. The Morgan fingerprint density at radius 1 is 0.351 bits per heavy atom. The highest BCUT2D eigenvalue weighted by Gasteiger charge is 2.29. The first-order valence-corrected chi connectivity index (χ1v) is 17.2. The molecule has 0 aliphatic rings. The number of para-hydroxylation sites is 1. The molecular weight excluding hydrogens is 446 g/mol. The Hall–Kier alpha value is -0.820. The standard InChI is InChI=1S/C36H68N/c1-4-7-10-13-16-19-22-28-33-37(36-31-26-25-27-32-36,34-29-23-20-17-14-11-8-5-2)35-30-24-21-18-15-12-9-6-3/h25-27,31-32H,4-24,28-30,33-35H2,1-3H3/q+1. The van der Waals surface area contributed by atoms with Crippen LogP contribution < -0.4 is 4.48 Å². The molecule has 1 rings (SSSR count). The number of rotatable bonds is 28. The van der Waals surface area contributed by atoms with Crippen LogP contribution in [0.25, 0.3) is 0 Å². The van der Waals surface area contributed by atoms with Gasteiger partial charge in [0.2, 0.25) is 0 Å². The summed E-state index contributed by atoms with van der Waals surface area (Å²) in [6.45, 7) is 11.0. The molecule has 0 bridgehead atoms. The zero-order valence-corrected chi connectivity index (χ0v) is 25.9. The molecule has 0 aliphatic carbocycles. The van der Waals surface area contributed by atoms with E-state index in [1.54, 1.807) is 5.69 Å². The number of unbranched alkanes of at least 4 members (excludes halogenated alkanes) is 21. The maximum Gasteiger partial charge on any atom is 0.132 e. The summed E-state index contributed by atoms with van der Waals surface area (Å²) in [5.74, 6) is 0. The molecule has 0 saturated heterocycles. The molecular formula is C36H68N+. The van der Waals surface area contributed by atoms with Crippen LogP contribution in [-0.4, -0.2) is 19.6 Å². The summed E-state index contributed by atoms with van der Waals surface area (Å²) in [5.41, 5.74) is 1.59. The molecule has 0 amide bonds. The molecule has 1 nitrogen and oxygen atoms in total. The normalized spacial score (nSPS) is 11.9. The van der Waals surface area contributed by atoms with Crippen molar-refractivity contribution in [1.82, 2.24) is 4.48 Å². The molecule has 216 valence electrons. The molecule has 0 saturated carbocycles. The molecule has 0 heterocycles. The average Bonchev–Trinajstić information content (AvgIpc) is 2.93. The van der Waals surface area contributed by atoms with Gasteiger partial charge in [0.15, 0.2) is 0 Å². The first-order valence-electron chi connectivity index (χ1n) is 17.2. The highest BCUT2D eigenvalue weighted by atomic mass is 15.4. The van der Waals surface area contributed by atoms with Crippen LogP contribution >= 0.6 is 0 Å². The van der Waals surface area contributed by atoms with E-state index in [4.69, 9.17) is 0 Å². The van der Waals surface area contributed by atoms with Gasteiger partial charge in [-0.1, -0.05) is 155 Å². The zero-order chi connectivity index (χ0) is 26.7. The van der Waals surface area contributed by atoms with E-state index in [1.165, 1.54) is 178 Å². The van der Waals surface area contributed by atoms with Gasteiger partial charge >= 0.3 is 0 Å². The van der Waals surface area contributed by atoms with Gasteiger partial charge in [-0.3, -0.25) is 4.48 Å². The summed E-state index contributed by atoms with van der Waals surface area (Å²) in [6.07, 6.45) is 34.1. The Kier molecular flexibility index (Phi) is 23.5. The largest absolute Gasteiger partial charge is 0.291 e. The van der Waals surface area contributed by atoms with Crippen LogP contribution in [0.2, 0.25) is 0 Å². The molecule has 1 heteroatoms. The Morgan fingerprint density at radius 2 is 0.622 bits per heavy atom. The minimum absolute atomic E-state index is 1.25. The third-order valence-electron chi connectivity index (χ3n) is 8.62. The summed E-state index contributed by atoms with van der Waals surface area (Å²) in [4.78, 5) is 0. The lowest BCUT2D eigenvalue weighted by Gasteiger charge is -2.39. The lowest BCUT2D eigenvalue weighted by Crippen LogP contribution is -2.51. The van der Waals surface area contributed by atoms with E-state index in [-0.39, 0.29) is 0 Å². The van der Waals surface area contributed by atoms with Gasteiger partial charge in [-0.25, -0.2) is 0 Å². The predicted molar refractivity (Wildman–Crippen MR) is 171 cm³/mol. The van der Waals surface area contributed by atoms with Crippen LogP contribution in [0.4, 0.5) is 5.69 Å². The summed E-state index contributed by atoms with van der Waals surface area (Å²) >= 11 is 0. The van der Waals surface area contributed by atoms with Crippen LogP contribution in [0.1, 0.15) is 175 Å². The third kappa shape index (κ3) is 18.2. The Morgan fingerprint density at radius 3 is 0.919 bits per heavy atom. The predicted octanol–water partition coefficient (Wildman–Crippen LogP) is 12.4. The molecule has 0 radical (unpaired) electrons. The van der Waals surface area contributed by atoms with Crippen molar-refractivity contribution in [1.29, 1.82) is 0 Å². The van der Waals surface area contributed by atoms with Gasteiger partial charge in [-0.15, -0.1) is 0 Å². The van der Waals surface area contributed by atoms with E-state index < -0.39 is 0 Å². The second kappa shape index (κ2) is 25.5. The number of hydrogen-bond donors (Lipinski definition) is 0. The molecule has 1 aromatic rings. The second-order valence-corrected chi connectivity index (χ2v) is 12.1. The minimum atomic E-state index is 1.25. The molecule has 0 spiro atoms. The van der Waals surface area contributed by atoms with Crippen molar-refractivity contribution >= 4 is 5.69 Å². The SMILES string of the molecule is CCCCCCCCCC[N+](CCCCCCCCCC)(CCCCCCCCCC)c1ccccc1. The second-order valence-electron chi connectivity index (χ2n) is 12.1. The van der Waals surface area contributed by atoms with E-state index in [0.29, 0.717) is 0 Å². The van der Waals surface area contributed by atoms with Crippen molar-refractivity contribution in [3.8, 4) is 0 Å². The lowest BCUT2D eigenvalue weighted by molar-refractivity contribution is 0.252. The summed E-state index contributed by atoms with van der Waals surface area (Å²) in [5, 5.41) is 0. The van der Waals surface area contributed by atoms with Crippen LogP contribution in [0.3, 0.4) is 0 Å².